The van der Waals surface area contributed by atoms with Crippen LogP contribution in [0.4, 0.5) is 0 Å². The van der Waals surface area contributed by atoms with Crippen molar-refractivity contribution in [3.05, 3.63) is 82.7 Å². The van der Waals surface area contributed by atoms with Gasteiger partial charge in [-0.1, -0.05) is 36.3 Å². The minimum absolute atomic E-state index is 0.188. The Morgan fingerprint density at radius 1 is 1.03 bits per heavy atom. The highest BCUT2D eigenvalue weighted by Crippen LogP contribution is 2.38. The molecule has 1 heterocycles. The molecule has 4 aromatic rings. The van der Waals surface area contributed by atoms with Gasteiger partial charge in [-0.3, -0.25) is 4.79 Å². The zero-order valence-corrected chi connectivity index (χ0v) is 22.7. The molecule has 1 aromatic heterocycles. The minimum atomic E-state index is -0.392. The third-order valence-electron chi connectivity index (χ3n) is 6.13. The van der Waals surface area contributed by atoms with Crippen LogP contribution in [0.2, 0.25) is 0 Å². The van der Waals surface area contributed by atoms with E-state index in [9.17, 15) is 4.79 Å². The molecular formula is C31H29ClO4S. The summed E-state index contributed by atoms with van der Waals surface area (Å²) in [4.78, 5) is 11.4. The molecule has 4 nitrogen and oxygen atoms in total. The summed E-state index contributed by atoms with van der Waals surface area (Å²) in [6, 6.07) is 20.3. The normalized spacial score (nSPS) is 11.6. The summed E-state index contributed by atoms with van der Waals surface area (Å²) in [6.07, 6.45) is 0.188. The van der Waals surface area contributed by atoms with E-state index in [1.165, 1.54) is 15.6 Å². The zero-order chi connectivity index (χ0) is 26.2. The molecule has 0 saturated carbocycles. The molecule has 0 saturated heterocycles. The molecule has 0 radical (unpaired) electrons. The highest BCUT2D eigenvalue weighted by Gasteiger charge is 2.14. The quantitative estimate of drug-likeness (QED) is 0.112. The van der Waals surface area contributed by atoms with E-state index in [-0.39, 0.29) is 12.3 Å². The maximum atomic E-state index is 11.4. The largest absolute Gasteiger partial charge is 0.491 e. The van der Waals surface area contributed by atoms with Crippen LogP contribution in [-0.2, 0) is 16.1 Å². The van der Waals surface area contributed by atoms with Gasteiger partial charge in [-0.05, 0) is 83.4 Å². The SMILES string of the molecule is CC#C[C@@H](CC(=O)Cl)c1ccc(OCc2ccc3scc(-c4cccc(OCCOC)c4C)c3c2)cc1. The van der Waals surface area contributed by atoms with E-state index in [4.69, 9.17) is 25.8 Å². The number of benzene rings is 3. The zero-order valence-electron chi connectivity index (χ0n) is 21.2. The fraction of sp³-hybridized carbons (Fsp3) is 0.258. The molecule has 6 heteroatoms. The lowest BCUT2D eigenvalue weighted by molar-refractivity contribution is -0.111. The maximum Gasteiger partial charge on any atom is 0.223 e. The third-order valence-corrected chi connectivity index (χ3v) is 7.25. The first kappa shape index (κ1) is 26.8. The summed E-state index contributed by atoms with van der Waals surface area (Å²) < 4.78 is 18.3. The lowest BCUT2D eigenvalue weighted by Gasteiger charge is -2.13. The van der Waals surface area contributed by atoms with E-state index in [1.54, 1.807) is 25.4 Å². The molecule has 3 aromatic carbocycles. The molecule has 190 valence electrons. The molecule has 0 unspecified atom stereocenters. The van der Waals surface area contributed by atoms with Crippen LogP contribution in [-0.4, -0.2) is 25.6 Å². The first-order valence-electron chi connectivity index (χ1n) is 12.1. The van der Waals surface area contributed by atoms with Crippen LogP contribution in [0.5, 0.6) is 11.5 Å². The number of hydrogen-bond acceptors (Lipinski definition) is 5. The van der Waals surface area contributed by atoms with Gasteiger partial charge < -0.3 is 14.2 Å². The predicted molar refractivity (Wildman–Crippen MR) is 152 cm³/mol. The topological polar surface area (TPSA) is 44.8 Å². The van der Waals surface area contributed by atoms with E-state index < -0.39 is 5.24 Å². The number of rotatable bonds is 11. The molecule has 0 aliphatic heterocycles. The summed E-state index contributed by atoms with van der Waals surface area (Å²) in [5, 5.41) is 3.01. The second-order valence-electron chi connectivity index (χ2n) is 8.61. The van der Waals surface area contributed by atoms with Crippen molar-refractivity contribution in [2.45, 2.75) is 32.8 Å². The fourth-order valence-corrected chi connectivity index (χ4v) is 5.32. The van der Waals surface area contributed by atoms with E-state index in [0.29, 0.717) is 19.8 Å². The Morgan fingerprint density at radius 2 is 1.84 bits per heavy atom. The van der Waals surface area contributed by atoms with Crippen molar-refractivity contribution in [2.75, 3.05) is 20.3 Å². The van der Waals surface area contributed by atoms with Crippen LogP contribution < -0.4 is 9.47 Å². The molecule has 1 atom stereocenters. The average Bonchev–Trinajstić information content (AvgIpc) is 3.31. The Bertz CT molecular complexity index is 1430. The van der Waals surface area contributed by atoms with Crippen LogP contribution in [0, 0.1) is 18.8 Å². The van der Waals surface area contributed by atoms with Gasteiger partial charge >= 0.3 is 0 Å². The Kier molecular flexibility index (Phi) is 9.24. The molecule has 0 bridgehead atoms. The van der Waals surface area contributed by atoms with Crippen LogP contribution in [0.1, 0.15) is 36.0 Å². The van der Waals surface area contributed by atoms with Crippen molar-refractivity contribution in [3.63, 3.8) is 0 Å². The van der Waals surface area contributed by atoms with Gasteiger partial charge in [0.1, 0.15) is 24.7 Å². The molecular weight excluding hydrogens is 504 g/mol. The smallest absolute Gasteiger partial charge is 0.223 e. The number of halogens is 1. The summed E-state index contributed by atoms with van der Waals surface area (Å²) in [7, 11) is 1.67. The molecule has 0 spiro atoms. The first-order chi connectivity index (χ1) is 18.0. The fourth-order valence-electron chi connectivity index (χ4n) is 4.22. The molecule has 37 heavy (non-hydrogen) atoms. The van der Waals surface area contributed by atoms with Crippen molar-refractivity contribution < 1.29 is 19.0 Å². The van der Waals surface area contributed by atoms with Gasteiger partial charge in [0.2, 0.25) is 5.24 Å². The maximum absolute atomic E-state index is 11.4. The molecule has 0 aliphatic rings. The van der Waals surface area contributed by atoms with Crippen LogP contribution in [0.25, 0.3) is 21.2 Å². The summed E-state index contributed by atoms with van der Waals surface area (Å²) >= 11 is 7.33. The highest BCUT2D eigenvalue weighted by atomic mass is 35.5. The first-order valence-corrected chi connectivity index (χ1v) is 13.3. The highest BCUT2D eigenvalue weighted by molar-refractivity contribution is 7.17. The number of hydrogen-bond donors (Lipinski definition) is 0. The van der Waals surface area contributed by atoms with Gasteiger partial charge in [-0.15, -0.1) is 17.3 Å². The number of methoxy groups -OCH3 is 1. The van der Waals surface area contributed by atoms with Crippen molar-refractivity contribution >= 4 is 38.3 Å². The summed E-state index contributed by atoms with van der Waals surface area (Å²) in [5.74, 6) is 7.35. The van der Waals surface area contributed by atoms with E-state index in [1.807, 2.05) is 36.4 Å². The van der Waals surface area contributed by atoms with Crippen LogP contribution in [0.3, 0.4) is 0 Å². The van der Waals surface area contributed by atoms with Crippen molar-refractivity contribution in [1.29, 1.82) is 0 Å². The standard InChI is InChI=1S/C31H29ClO4S/c1-4-6-24(18-31(32)33)23-10-12-25(13-11-23)36-19-22-9-14-30-27(17-22)28(20-37-30)26-7-5-8-29(21(26)2)35-16-15-34-3/h5,7-14,17,20,24H,15-16,18-19H2,1-3H3/t24-/m0/s1. The van der Waals surface area contributed by atoms with E-state index in [0.717, 1.165) is 33.8 Å². The monoisotopic (exact) mass is 532 g/mol. The Balaban J connectivity index is 1.51. The summed E-state index contributed by atoms with van der Waals surface area (Å²) in [6.45, 7) is 5.37. The summed E-state index contributed by atoms with van der Waals surface area (Å²) in [5.41, 5.74) is 5.50. The van der Waals surface area contributed by atoms with E-state index >= 15 is 0 Å². The molecule has 0 N–H and O–H groups in total. The number of carbonyl (C=O) groups excluding carboxylic acids is 1. The van der Waals surface area contributed by atoms with Crippen LogP contribution >= 0.6 is 22.9 Å². The Hall–Kier alpha value is -3.30. The third kappa shape index (κ3) is 6.72. The number of ether oxygens (including phenoxy) is 3. The van der Waals surface area contributed by atoms with Crippen molar-refractivity contribution in [1.82, 2.24) is 0 Å². The number of carbonyl (C=O) groups is 1. The van der Waals surface area contributed by atoms with Crippen molar-refractivity contribution in [3.8, 4) is 34.5 Å². The average molecular weight is 533 g/mol. The Morgan fingerprint density at radius 3 is 2.57 bits per heavy atom. The molecule has 0 fully saturated rings. The van der Waals surface area contributed by atoms with Gasteiger partial charge in [0, 0.05) is 29.2 Å². The van der Waals surface area contributed by atoms with E-state index in [2.05, 4.69) is 48.4 Å². The molecule has 4 rings (SSSR count). The van der Waals surface area contributed by atoms with Gasteiger partial charge in [0.05, 0.1) is 12.5 Å². The van der Waals surface area contributed by atoms with Gasteiger partial charge in [-0.25, -0.2) is 0 Å². The van der Waals surface area contributed by atoms with Crippen LogP contribution in [0.15, 0.2) is 66.0 Å². The lowest BCUT2D eigenvalue weighted by Crippen LogP contribution is -2.05. The molecule has 0 amide bonds. The van der Waals surface area contributed by atoms with Gasteiger partial charge in [0.25, 0.3) is 0 Å². The number of thiophene rings is 1. The lowest BCUT2D eigenvalue weighted by atomic mass is 9.97. The second kappa shape index (κ2) is 12.8. The Labute approximate surface area is 227 Å². The minimum Gasteiger partial charge on any atom is -0.491 e. The second-order valence-corrected chi connectivity index (χ2v) is 9.95. The van der Waals surface area contributed by atoms with Gasteiger partial charge in [-0.2, -0.15) is 0 Å². The predicted octanol–water partition coefficient (Wildman–Crippen LogP) is 7.74. The van der Waals surface area contributed by atoms with Crippen molar-refractivity contribution in [2.24, 2.45) is 0 Å². The molecule has 0 aliphatic carbocycles. The van der Waals surface area contributed by atoms with Gasteiger partial charge in [0.15, 0.2) is 0 Å². The number of fused-ring (bicyclic) bond motifs is 1.